The predicted octanol–water partition coefficient (Wildman–Crippen LogP) is 2.03. The third-order valence-electron chi connectivity index (χ3n) is 5.28. The van der Waals surface area contributed by atoms with Gasteiger partial charge in [0.1, 0.15) is 5.82 Å². The third-order valence-corrected chi connectivity index (χ3v) is 5.28. The van der Waals surface area contributed by atoms with Gasteiger partial charge in [0.05, 0.1) is 12.9 Å². The van der Waals surface area contributed by atoms with E-state index in [2.05, 4.69) is 39.2 Å². The first-order valence-electron chi connectivity index (χ1n) is 9.30. The third kappa shape index (κ3) is 2.95. The number of aromatic nitrogens is 7. The van der Waals surface area contributed by atoms with Crippen LogP contribution in [0.3, 0.4) is 0 Å². The molecular formula is C18H22N8. The highest BCUT2D eigenvalue weighted by Crippen LogP contribution is 2.40. The maximum absolute atomic E-state index is 4.61. The predicted molar refractivity (Wildman–Crippen MR) is 95.8 cm³/mol. The molecule has 2 aliphatic rings. The van der Waals surface area contributed by atoms with Crippen LogP contribution < -0.4 is 4.90 Å². The number of hydrogen-bond acceptors (Lipinski definition) is 6. The second-order valence-electron chi connectivity index (χ2n) is 7.12. The van der Waals surface area contributed by atoms with Gasteiger partial charge < -0.3 is 14.0 Å². The molecule has 3 aromatic rings. The van der Waals surface area contributed by atoms with E-state index in [-0.39, 0.29) is 0 Å². The quantitative estimate of drug-likeness (QED) is 0.701. The lowest BCUT2D eigenvalue weighted by Gasteiger charge is -2.31. The Morgan fingerprint density at radius 2 is 1.77 bits per heavy atom. The summed E-state index contributed by atoms with van der Waals surface area (Å²) >= 11 is 0. The van der Waals surface area contributed by atoms with Crippen LogP contribution in [-0.2, 0) is 6.54 Å². The number of imidazole rings is 1. The van der Waals surface area contributed by atoms with E-state index in [0.717, 1.165) is 50.1 Å². The molecule has 26 heavy (non-hydrogen) atoms. The van der Waals surface area contributed by atoms with E-state index in [1.165, 1.54) is 12.8 Å². The molecule has 0 atom stereocenters. The van der Waals surface area contributed by atoms with Crippen molar-refractivity contribution in [2.75, 3.05) is 18.0 Å². The minimum Gasteiger partial charge on any atom is -0.341 e. The molecule has 0 bridgehead atoms. The zero-order valence-electron chi connectivity index (χ0n) is 14.6. The van der Waals surface area contributed by atoms with Gasteiger partial charge >= 0.3 is 0 Å². The van der Waals surface area contributed by atoms with Crippen LogP contribution in [0.5, 0.6) is 0 Å². The highest BCUT2D eigenvalue weighted by molar-refractivity contribution is 5.29. The van der Waals surface area contributed by atoms with Gasteiger partial charge in [0.25, 0.3) is 0 Å². The molecule has 0 spiro atoms. The zero-order valence-corrected chi connectivity index (χ0v) is 14.6. The number of rotatable bonds is 5. The average molecular weight is 350 g/mol. The van der Waals surface area contributed by atoms with Crippen LogP contribution in [0.4, 0.5) is 5.95 Å². The molecule has 8 heteroatoms. The molecule has 1 saturated carbocycles. The first kappa shape index (κ1) is 15.5. The van der Waals surface area contributed by atoms with Crippen LogP contribution >= 0.6 is 0 Å². The smallest absolute Gasteiger partial charge is 0.225 e. The maximum atomic E-state index is 4.61. The van der Waals surface area contributed by atoms with Crippen LogP contribution in [0.2, 0.25) is 0 Å². The van der Waals surface area contributed by atoms with Gasteiger partial charge in [0, 0.05) is 49.8 Å². The highest BCUT2D eigenvalue weighted by atomic mass is 15.3. The molecule has 8 nitrogen and oxygen atoms in total. The maximum Gasteiger partial charge on any atom is 0.225 e. The molecular weight excluding hydrogens is 328 g/mol. The Balaban J connectivity index is 1.33. The van der Waals surface area contributed by atoms with Gasteiger partial charge in [0.15, 0.2) is 5.82 Å². The first-order valence-corrected chi connectivity index (χ1v) is 9.30. The van der Waals surface area contributed by atoms with E-state index in [1.54, 1.807) is 18.6 Å². The Morgan fingerprint density at radius 1 is 0.962 bits per heavy atom. The minimum atomic E-state index is 0.458. The van der Waals surface area contributed by atoms with E-state index in [0.29, 0.717) is 12.0 Å². The van der Waals surface area contributed by atoms with Gasteiger partial charge in [-0.05, 0) is 31.7 Å². The highest BCUT2D eigenvalue weighted by Gasteiger charge is 2.33. The Kier molecular flexibility index (Phi) is 3.88. The van der Waals surface area contributed by atoms with Crippen molar-refractivity contribution in [3.05, 3.63) is 48.8 Å². The lowest BCUT2D eigenvalue weighted by atomic mass is 9.96. The molecule has 0 aromatic carbocycles. The molecule has 3 aromatic heterocycles. The van der Waals surface area contributed by atoms with Crippen molar-refractivity contribution in [3.8, 4) is 0 Å². The van der Waals surface area contributed by atoms with Crippen molar-refractivity contribution < 1.29 is 0 Å². The summed E-state index contributed by atoms with van der Waals surface area (Å²) in [5.74, 6) is 3.50. The average Bonchev–Trinajstić information content (AvgIpc) is 3.24. The number of hydrogen-bond donors (Lipinski definition) is 0. The lowest BCUT2D eigenvalue weighted by Crippen LogP contribution is -2.34. The van der Waals surface area contributed by atoms with E-state index in [9.17, 15) is 0 Å². The van der Waals surface area contributed by atoms with Gasteiger partial charge in [0.2, 0.25) is 5.95 Å². The number of anilines is 1. The second-order valence-corrected chi connectivity index (χ2v) is 7.12. The Hall–Kier alpha value is -2.77. The van der Waals surface area contributed by atoms with Crippen LogP contribution in [-0.4, -0.2) is 47.4 Å². The largest absolute Gasteiger partial charge is 0.341 e. The van der Waals surface area contributed by atoms with Crippen molar-refractivity contribution in [2.24, 2.45) is 0 Å². The number of piperidine rings is 1. The molecule has 0 amide bonds. The van der Waals surface area contributed by atoms with Crippen LogP contribution in [0.25, 0.3) is 0 Å². The summed E-state index contributed by atoms with van der Waals surface area (Å²) in [6, 6.07) is 2.44. The molecule has 1 aliphatic carbocycles. The summed E-state index contributed by atoms with van der Waals surface area (Å²) in [4.78, 5) is 15.1. The lowest BCUT2D eigenvalue weighted by molar-refractivity contribution is 0.457. The van der Waals surface area contributed by atoms with Crippen molar-refractivity contribution >= 4 is 5.95 Å². The Morgan fingerprint density at radius 3 is 2.46 bits per heavy atom. The second kappa shape index (κ2) is 6.51. The summed E-state index contributed by atoms with van der Waals surface area (Å²) in [6.45, 7) is 2.66. The molecule has 0 N–H and O–H groups in total. The van der Waals surface area contributed by atoms with Gasteiger partial charge in [-0.2, -0.15) is 0 Å². The van der Waals surface area contributed by atoms with Gasteiger partial charge in [-0.25, -0.2) is 15.0 Å². The molecule has 5 rings (SSSR count). The first-order chi connectivity index (χ1) is 12.9. The monoisotopic (exact) mass is 350 g/mol. The molecule has 0 unspecified atom stereocenters. The molecule has 4 heterocycles. The Bertz CT molecular complexity index is 845. The SMILES string of the molecule is c1cnc(N2CCC(c3nnc(Cn4ccnc4)n3C3CC3)CC2)nc1. The summed E-state index contributed by atoms with van der Waals surface area (Å²) in [7, 11) is 0. The van der Waals surface area contributed by atoms with Crippen molar-refractivity contribution in [3.63, 3.8) is 0 Å². The van der Waals surface area contributed by atoms with Crippen molar-refractivity contribution in [1.82, 2.24) is 34.3 Å². The van der Waals surface area contributed by atoms with E-state index in [4.69, 9.17) is 0 Å². The zero-order chi connectivity index (χ0) is 17.3. The standard InChI is InChI=1S/C18H22N8/c1-6-20-18(21-7-1)25-9-4-14(5-10-25)17-23-22-16(26(17)15-2-3-15)12-24-11-8-19-13-24/h1,6-8,11,13-15H,2-5,9-10,12H2. The fraction of sp³-hybridized carbons (Fsp3) is 0.500. The fourth-order valence-electron chi connectivity index (χ4n) is 3.79. The van der Waals surface area contributed by atoms with Gasteiger partial charge in [-0.1, -0.05) is 0 Å². The molecule has 134 valence electrons. The molecule has 1 aliphatic heterocycles. The molecule has 1 saturated heterocycles. The normalized spacial score (nSPS) is 18.4. The van der Waals surface area contributed by atoms with E-state index >= 15 is 0 Å². The van der Waals surface area contributed by atoms with Crippen LogP contribution in [0.15, 0.2) is 37.2 Å². The molecule has 0 radical (unpaired) electrons. The van der Waals surface area contributed by atoms with Crippen LogP contribution in [0, 0.1) is 0 Å². The van der Waals surface area contributed by atoms with E-state index in [1.807, 2.05) is 18.6 Å². The Labute approximate surface area is 151 Å². The summed E-state index contributed by atoms with van der Waals surface area (Å²) in [5, 5.41) is 9.14. The van der Waals surface area contributed by atoms with Gasteiger partial charge in [-0.3, -0.25) is 0 Å². The number of nitrogens with zero attached hydrogens (tertiary/aromatic N) is 8. The van der Waals surface area contributed by atoms with E-state index < -0.39 is 0 Å². The topological polar surface area (TPSA) is 77.5 Å². The van der Waals surface area contributed by atoms with Gasteiger partial charge in [-0.15, -0.1) is 10.2 Å². The summed E-state index contributed by atoms with van der Waals surface area (Å²) in [6.07, 6.45) is 13.8. The van der Waals surface area contributed by atoms with Crippen molar-refractivity contribution in [1.29, 1.82) is 0 Å². The summed E-state index contributed by atoms with van der Waals surface area (Å²) in [5.41, 5.74) is 0. The fourth-order valence-corrected chi connectivity index (χ4v) is 3.79. The molecule has 2 fully saturated rings. The van der Waals surface area contributed by atoms with Crippen LogP contribution in [0.1, 0.15) is 49.3 Å². The summed E-state index contributed by atoms with van der Waals surface area (Å²) < 4.78 is 4.46. The van der Waals surface area contributed by atoms with Crippen molar-refractivity contribution in [2.45, 2.75) is 44.2 Å². The minimum absolute atomic E-state index is 0.458.